The number of phenols is 3. The van der Waals surface area contributed by atoms with Crippen molar-refractivity contribution in [3.63, 3.8) is 0 Å². The summed E-state index contributed by atoms with van der Waals surface area (Å²) in [5.41, 5.74) is 1.09. The molecule has 7 nitrogen and oxygen atoms in total. The number of carboxylic acid groups (broad SMARTS) is 1. The molecule has 0 heterocycles. The van der Waals surface area contributed by atoms with Crippen LogP contribution in [-0.4, -0.2) is 32.3 Å². The molecule has 0 radical (unpaired) electrons. The number of carbonyl (C=O) groups is 2. The van der Waals surface area contributed by atoms with E-state index in [0.29, 0.717) is 11.3 Å². The summed E-state index contributed by atoms with van der Waals surface area (Å²) < 4.78 is 0. The summed E-state index contributed by atoms with van der Waals surface area (Å²) in [6.07, 6.45) is 0.338. The predicted molar refractivity (Wildman–Crippen MR) is 81.8 cm³/mol. The molecule has 0 bridgehead atoms. The maximum absolute atomic E-state index is 11.8. The number of aromatic carboxylic acids is 1. The van der Waals surface area contributed by atoms with Crippen molar-refractivity contribution in [1.82, 2.24) is 0 Å². The molecule has 0 aliphatic carbocycles. The molecule has 2 aromatic rings. The third-order valence-corrected chi connectivity index (χ3v) is 3.19. The minimum atomic E-state index is -1.05. The lowest BCUT2D eigenvalue weighted by Gasteiger charge is -2.07. The van der Waals surface area contributed by atoms with Crippen LogP contribution in [0.2, 0.25) is 0 Å². The van der Waals surface area contributed by atoms with E-state index in [2.05, 4.69) is 5.32 Å². The van der Waals surface area contributed by atoms with Crippen LogP contribution in [-0.2, 0) is 11.2 Å². The third-order valence-electron chi connectivity index (χ3n) is 3.19. The van der Waals surface area contributed by atoms with E-state index >= 15 is 0 Å². The van der Waals surface area contributed by atoms with Gasteiger partial charge in [0.05, 0.1) is 5.56 Å². The highest BCUT2D eigenvalue weighted by atomic mass is 16.4. The Morgan fingerprint density at radius 2 is 1.52 bits per heavy atom. The average Bonchev–Trinajstić information content (AvgIpc) is 2.51. The number of nitrogens with one attached hydrogen (secondary N) is 1. The van der Waals surface area contributed by atoms with Gasteiger partial charge in [-0.15, -0.1) is 0 Å². The molecule has 0 atom stereocenters. The van der Waals surface area contributed by atoms with Gasteiger partial charge in [-0.3, -0.25) is 4.79 Å². The average molecular weight is 317 g/mol. The first-order valence-corrected chi connectivity index (χ1v) is 6.74. The molecule has 2 aromatic carbocycles. The number of anilines is 1. The Morgan fingerprint density at radius 3 is 2.04 bits per heavy atom. The summed E-state index contributed by atoms with van der Waals surface area (Å²) in [5.74, 6) is -2.86. The number of amides is 1. The summed E-state index contributed by atoms with van der Waals surface area (Å²) >= 11 is 0. The van der Waals surface area contributed by atoms with E-state index in [-0.39, 0.29) is 24.3 Å². The van der Waals surface area contributed by atoms with Gasteiger partial charge in [-0.05, 0) is 48.4 Å². The highest BCUT2D eigenvalue weighted by Crippen LogP contribution is 2.35. The fourth-order valence-corrected chi connectivity index (χ4v) is 1.98. The topological polar surface area (TPSA) is 127 Å². The first kappa shape index (κ1) is 16.2. The second kappa shape index (κ2) is 6.69. The highest BCUT2D eigenvalue weighted by Gasteiger charge is 2.10. The van der Waals surface area contributed by atoms with Crippen molar-refractivity contribution in [3.05, 3.63) is 47.5 Å². The van der Waals surface area contributed by atoms with Crippen molar-refractivity contribution < 1.29 is 30.0 Å². The van der Waals surface area contributed by atoms with E-state index in [1.165, 1.54) is 36.4 Å². The Morgan fingerprint density at radius 1 is 0.957 bits per heavy atom. The van der Waals surface area contributed by atoms with Crippen LogP contribution < -0.4 is 5.32 Å². The van der Waals surface area contributed by atoms with Crippen molar-refractivity contribution in [2.24, 2.45) is 0 Å². The summed E-state index contributed by atoms with van der Waals surface area (Å²) in [5, 5.41) is 39.4. The van der Waals surface area contributed by atoms with Gasteiger partial charge in [0.1, 0.15) is 0 Å². The normalized spacial score (nSPS) is 10.3. The molecular formula is C16H15NO6. The molecule has 1 amide bonds. The van der Waals surface area contributed by atoms with Gasteiger partial charge < -0.3 is 25.7 Å². The predicted octanol–water partition coefficient (Wildman–Crippen LogP) is 2.07. The molecule has 0 fully saturated rings. The van der Waals surface area contributed by atoms with Gasteiger partial charge in [-0.2, -0.15) is 0 Å². The number of aromatic hydroxyl groups is 3. The second-order valence-corrected chi connectivity index (χ2v) is 4.91. The van der Waals surface area contributed by atoms with Gasteiger partial charge in [0.2, 0.25) is 5.91 Å². The fraction of sp³-hybridized carbons (Fsp3) is 0.125. The number of hydrogen-bond donors (Lipinski definition) is 5. The van der Waals surface area contributed by atoms with E-state index in [1.807, 2.05) is 0 Å². The lowest BCUT2D eigenvalue weighted by atomic mass is 10.1. The smallest absolute Gasteiger partial charge is 0.335 e. The number of aryl methyl sites for hydroxylation is 1. The lowest BCUT2D eigenvalue weighted by Crippen LogP contribution is -2.12. The van der Waals surface area contributed by atoms with Crippen LogP contribution in [0.3, 0.4) is 0 Å². The van der Waals surface area contributed by atoms with E-state index in [9.17, 15) is 24.9 Å². The van der Waals surface area contributed by atoms with Crippen molar-refractivity contribution in [2.75, 3.05) is 5.32 Å². The molecule has 23 heavy (non-hydrogen) atoms. The maximum Gasteiger partial charge on any atom is 0.335 e. The summed E-state index contributed by atoms with van der Waals surface area (Å²) in [6.45, 7) is 0. The van der Waals surface area contributed by atoms with Gasteiger partial charge >= 0.3 is 5.97 Å². The molecule has 0 saturated heterocycles. The first-order chi connectivity index (χ1) is 10.9. The van der Waals surface area contributed by atoms with Crippen LogP contribution in [0.4, 0.5) is 5.69 Å². The molecule has 0 saturated carbocycles. The highest BCUT2D eigenvalue weighted by molar-refractivity contribution is 5.92. The van der Waals surface area contributed by atoms with E-state index in [0.717, 1.165) is 0 Å². The molecule has 0 aromatic heterocycles. The van der Waals surface area contributed by atoms with Gasteiger partial charge in [0.25, 0.3) is 0 Å². The molecule has 0 aliphatic heterocycles. The van der Waals surface area contributed by atoms with E-state index < -0.39 is 23.2 Å². The number of hydrogen-bond acceptors (Lipinski definition) is 5. The fourth-order valence-electron chi connectivity index (χ4n) is 1.98. The number of carboxylic acids is 1. The Labute approximate surface area is 131 Å². The van der Waals surface area contributed by atoms with Crippen LogP contribution >= 0.6 is 0 Å². The minimum Gasteiger partial charge on any atom is -0.504 e. The van der Waals surface area contributed by atoms with Crippen molar-refractivity contribution >= 4 is 17.6 Å². The van der Waals surface area contributed by atoms with Crippen LogP contribution in [0.5, 0.6) is 17.2 Å². The number of rotatable bonds is 5. The maximum atomic E-state index is 11.8. The zero-order valence-corrected chi connectivity index (χ0v) is 12.0. The number of carbonyl (C=O) groups excluding carboxylic acids is 1. The summed E-state index contributed by atoms with van der Waals surface area (Å²) in [7, 11) is 0. The van der Waals surface area contributed by atoms with Crippen LogP contribution in [0.1, 0.15) is 22.3 Å². The van der Waals surface area contributed by atoms with Crippen LogP contribution in [0, 0.1) is 0 Å². The minimum absolute atomic E-state index is 0.0876. The Hall–Kier alpha value is -3.22. The standard InChI is InChI=1S/C16H15NO6/c18-12-7-9(8-13(19)15(12)21)1-6-14(20)17-11-4-2-10(3-5-11)16(22)23/h2-5,7-8,18-19,21H,1,6H2,(H,17,20)(H,22,23). The lowest BCUT2D eigenvalue weighted by molar-refractivity contribution is -0.116. The quantitative estimate of drug-likeness (QED) is 0.537. The third kappa shape index (κ3) is 4.13. The first-order valence-electron chi connectivity index (χ1n) is 6.74. The molecule has 0 spiro atoms. The largest absolute Gasteiger partial charge is 0.504 e. The number of phenolic OH excluding ortho intramolecular Hbond substituents is 3. The molecule has 0 unspecified atom stereocenters. The number of benzene rings is 2. The molecule has 5 N–H and O–H groups in total. The second-order valence-electron chi connectivity index (χ2n) is 4.91. The summed E-state index contributed by atoms with van der Waals surface area (Å²) in [4.78, 5) is 22.6. The van der Waals surface area contributed by atoms with Crippen molar-refractivity contribution in [2.45, 2.75) is 12.8 Å². The zero-order chi connectivity index (χ0) is 17.0. The van der Waals surface area contributed by atoms with Crippen LogP contribution in [0.15, 0.2) is 36.4 Å². The Balaban J connectivity index is 1.93. The Kier molecular flexibility index (Phi) is 4.70. The van der Waals surface area contributed by atoms with Gasteiger partial charge in [-0.1, -0.05) is 0 Å². The SMILES string of the molecule is O=C(CCc1cc(O)c(O)c(O)c1)Nc1ccc(C(=O)O)cc1. The van der Waals surface area contributed by atoms with E-state index in [1.54, 1.807) is 0 Å². The van der Waals surface area contributed by atoms with E-state index in [4.69, 9.17) is 5.11 Å². The molecule has 2 rings (SSSR count). The zero-order valence-electron chi connectivity index (χ0n) is 12.0. The molecule has 0 aliphatic rings. The summed E-state index contributed by atoms with van der Waals surface area (Å²) in [6, 6.07) is 8.27. The monoisotopic (exact) mass is 317 g/mol. The van der Waals surface area contributed by atoms with Gasteiger partial charge in [0, 0.05) is 12.1 Å². The molecule has 7 heteroatoms. The van der Waals surface area contributed by atoms with Crippen molar-refractivity contribution in [1.29, 1.82) is 0 Å². The van der Waals surface area contributed by atoms with Crippen LogP contribution in [0.25, 0.3) is 0 Å². The molecular weight excluding hydrogens is 302 g/mol. The van der Waals surface area contributed by atoms with Gasteiger partial charge in [-0.25, -0.2) is 4.79 Å². The Bertz CT molecular complexity index is 716. The van der Waals surface area contributed by atoms with Crippen molar-refractivity contribution in [3.8, 4) is 17.2 Å². The molecule has 120 valence electrons. The van der Waals surface area contributed by atoms with Gasteiger partial charge in [0.15, 0.2) is 17.2 Å².